The number of aromatic nitrogens is 2. The molecule has 0 amide bonds. The van der Waals surface area contributed by atoms with Crippen LogP contribution in [0.3, 0.4) is 0 Å². The highest BCUT2D eigenvalue weighted by Gasteiger charge is 2.34. The topological polar surface area (TPSA) is 74.2 Å². The Kier molecular flexibility index (Phi) is 2.52. The lowest BCUT2D eigenvalue weighted by Gasteiger charge is -2.29. The molecule has 2 N–H and O–H groups in total. The lowest BCUT2D eigenvalue weighted by atomic mass is 9.85. The van der Waals surface area contributed by atoms with Crippen molar-refractivity contribution in [2.24, 2.45) is 5.73 Å². The first-order valence-corrected chi connectivity index (χ1v) is 4.85. The van der Waals surface area contributed by atoms with Crippen LogP contribution in [0.5, 0.6) is 0 Å². The zero-order chi connectivity index (χ0) is 10.0. The first-order valence-electron chi connectivity index (χ1n) is 4.85. The van der Waals surface area contributed by atoms with E-state index in [1.807, 2.05) is 0 Å². The predicted molar refractivity (Wildman–Crippen MR) is 49.6 cm³/mol. The fourth-order valence-electron chi connectivity index (χ4n) is 1.68. The van der Waals surface area contributed by atoms with E-state index in [1.54, 1.807) is 0 Å². The molecular formula is C9H15N3O2. The van der Waals surface area contributed by atoms with Crippen molar-refractivity contribution in [1.29, 1.82) is 0 Å². The average Bonchev–Trinajstić information content (AvgIpc) is 2.67. The number of ether oxygens (including phenoxy) is 1. The van der Waals surface area contributed by atoms with Crippen LogP contribution in [-0.2, 0) is 16.7 Å². The summed E-state index contributed by atoms with van der Waals surface area (Å²) in [5.41, 5.74) is 5.28. The summed E-state index contributed by atoms with van der Waals surface area (Å²) >= 11 is 0. The van der Waals surface area contributed by atoms with Crippen molar-refractivity contribution in [2.45, 2.75) is 31.7 Å². The molecule has 0 bridgehead atoms. The van der Waals surface area contributed by atoms with Crippen LogP contribution >= 0.6 is 0 Å². The van der Waals surface area contributed by atoms with Gasteiger partial charge in [-0.1, -0.05) is 0 Å². The Morgan fingerprint density at radius 3 is 2.93 bits per heavy atom. The monoisotopic (exact) mass is 197 g/mol. The lowest BCUT2D eigenvalue weighted by molar-refractivity contribution is 0.0302. The van der Waals surface area contributed by atoms with Crippen LogP contribution in [0.4, 0.5) is 0 Å². The van der Waals surface area contributed by atoms with Gasteiger partial charge in [-0.05, 0) is 19.8 Å². The van der Waals surface area contributed by atoms with E-state index in [9.17, 15) is 0 Å². The molecule has 1 aromatic heterocycles. The van der Waals surface area contributed by atoms with Gasteiger partial charge >= 0.3 is 0 Å². The van der Waals surface area contributed by atoms with E-state index < -0.39 is 0 Å². The molecule has 5 nitrogen and oxygen atoms in total. The molecule has 0 aliphatic carbocycles. The zero-order valence-corrected chi connectivity index (χ0v) is 8.32. The van der Waals surface area contributed by atoms with Crippen LogP contribution < -0.4 is 5.73 Å². The van der Waals surface area contributed by atoms with Crippen molar-refractivity contribution in [3.05, 3.63) is 11.8 Å². The summed E-state index contributed by atoms with van der Waals surface area (Å²) in [4.78, 5) is 0. The van der Waals surface area contributed by atoms with Crippen molar-refractivity contribution < 1.29 is 9.15 Å². The molecule has 0 radical (unpaired) electrons. The molecule has 1 aliphatic heterocycles. The maximum Gasteiger partial charge on any atom is 0.230 e. The molecule has 1 saturated heterocycles. The van der Waals surface area contributed by atoms with Gasteiger partial charge in [-0.15, -0.1) is 10.2 Å². The third kappa shape index (κ3) is 1.65. The second-order valence-electron chi connectivity index (χ2n) is 3.92. The van der Waals surface area contributed by atoms with Gasteiger partial charge in [0, 0.05) is 6.61 Å². The van der Waals surface area contributed by atoms with E-state index in [1.165, 1.54) is 0 Å². The van der Waals surface area contributed by atoms with E-state index in [0.717, 1.165) is 19.4 Å². The summed E-state index contributed by atoms with van der Waals surface area (Å²) < 4.78 is 10.9. The average molecular weight is 197 g/mol. The van der Waals surface area contributed by atoms with Gasteiger partial charge in [-0.2, -0.15) is 0 Å². The summed E-state index contributed by atoms with van der Waals surface area (Å²) in [6, 6.07) is 0. The zero-order valence-electron chi connectivity index (χ0n) is 8.32. The Balaban J connectivity index is 2.19. The number of hydrogen-bond acceptors (Lipinski definition) is 5. The van der Waals surface area contributed by atoms with Crippen LogP contribution in [0.25, 0.3) is 0 Å². The van der Waals surface area contributed by atoms with Gasteiger partial charge < -0.3 is 14.9 Å². The molecule has 0 saturated carbocycles. The second kappa shape index (κ2) is 3.67. The Hall–Kier alpha value is -0.940. The van der Waals surface area contributed by atoms with Gasteiger partial charge in [0.15, 0.2) is 0 Å². The highest BCUT2D eigenvalue weighted by Crippen LogP contribution is 2.31. The normalized spacial score (nSPS) is 27.9. The van der Waals surface area contributed by atoms with Crippen LogP contribution in [0.15, 0.2) is 4.42 Å². The van der Waals surface area contributed by atoms with Crippen molar-refractivity contribution in [3.63, 3.8) is 0 Å². The summed E-state index contributed by atoms with van der Waals surface area (Å²) in [6.45, 7) is 3.86. The molecular weight excluding hydrogens is 182 g/mol. The molecule has 1 aliphatic rings. The fraction of sp³-hybridized carbons (Fsp3) is 0.778. The van der Waals surface area contributed by atoms with Gasteiger partial charge in [0.2, 0.25) is 11.8 Å². The standard InChI is InChI=1S/C9H15N3O2/c1-9(3-2-4-13-6-9)8-12-11-7(5-10)14-8/h2-6,10H2,1H3. The maximum absolute atomic E-state index is 5.45. The number of hydrogen-bond donors (Lipinski definition) is 1. The first-order chi connectivity index (χ1) is 6.74. The van der Waals surface area contributed by atoms with Crippen LogP contribution in [0.1, 0.15) is 31.5 Å². The molecule has 1 fully saturated rings. The fourth-order valence-corrected chi connectivity index (χ4v) is 1.68. The highest BCUT2D eigenvalue weighted by molar-refractivity contribution is 5.03. The summed E-state index contributed by atoms with van der Waals surface area (Å²) in [5.74, 6) is 1.14. The SMILES string of the molecule is CC1(c2nnc(CN)o2)CCCOC1. The van der Waals surface area contributed by atoms with Gasteiger partial charge in [0.05, 0.1) is 18.6 Å². The lowest BCUT2D eigenvalue weighted by Crippen LogP contribution is -2.33. The third-order valence-corrected chi connectivity index (χ3v) is 2.60. The van der Waals surface area contributed by atoms with Crippen LogP contribution in [0, 0.1) is 0 Å². The van der Waals surface area contributed by atoms with E-state index >= 15 is 0 Å². The smallest absolute Gasteiger partial charge is 0.230 e. The Morgan fingerprint density at radius 1 is 1.50 bits per heavy atom. The Bertz CT molecular complexity index is 305. The molecule has 14 heavy (non-hydrogen) atoms. The van der Waals surface area contributed by atoms with Crippen LogP contribution in [-0.4, -0.2) is 23.4 Å². The molecule has 1 unspecified atom stereocenters. The van der Waals surface area contributed by atoms with E-state index in [0.29, 0.717) is 24.9 Å². The first kappa shape index (κ1) is 9.61. The number of rotatable bonds is 2. The summed E-state index contributed by atoms with van der Waals surface area (Å²) in [6.07, 6.45) is 2.07. The van der Waals surface area contributed by atoms with Gasteiger partial charge in [0.1, 0.15) is 0 Å². The largest absolute Gasteiger partial charge is 0.423 e. The van der Waals surface area contributed by atoms with Gasteiger partial charge in [-0.3, -0.25) is 0 Å². The molecule has 0 aromatic carbocycles. The van der Waals surface area contributed by atoms with Crippen molar-refractivity contribution >= 4 is 0 Å². The minimum atomic E-state index is -0.126. The highest BCUT2D eigenvalue weighted by atomic mass is 16.5. The molecule has 2 rings (SSSR count). The second-order valence-corrected chi connectivity index (χ2v) is 3.92. The molecule has 5 heteroatoms. The summed E-state index contributed by atoms with van der Waals surface area (Å²) in [7, 11) is 0. The molecule has 0 spiro atoms. The van der Waals surface area contributed by atoms with E-state index in [4.69, 9.17) is 14.9 Å². The minimum absolute atomic E-state index is 0.126. The van der Waals surface area contributed by atoms with Gasteiger partial charge in [0.25, 0.3) is 0 Å². The van der Waals surface area contributed by atoms with Crippen molar-refractivity contribution in [2.75, 3.05) is 13.2 Å². The van der Waals surface area contributed by atoms with Gasteiger partial charge in [-0.25, -0.2) is 0 Å². The third-order valence-electron chi connectivity index (χ3n) is 2.60. The van der Waals surface area contributed by atoms with E-state index in [2.05, 4.69) is 17.1 Å². The van der Waals surface area contributed by atoms with Crippen molar-refractivity contribution in [3.8, 4) is 0 Å². The predicted octanol–water partition coefficient (Wildman–Crippen LogP) is 0.596. The maximum atomic E-state index is 5.45. The Morgan fingerprint density at radius 2 is 2.36 bits per heavy atom. The Labute approximate surface area is 82.6 Å². The quantitative estimate of drug-likeness (QED) is 0.751. The molecule has 2 heterocycles. The minimum Gasteiger partial charge on any atom is -0.423 e. The summed E-state index contributed by atoms with van der Waals surface area (Å²) in [5, 5.41) is 7.86. The number of nitrogens with zero attached hydrogens (tertiary/aromatic N) is 2. The van der Waals surface area contributed by atoms with Crippen molar-refractivity contribution in [1.82, 2.24) is 10.2 Å². The van der Waals surface area contributed by atoms with Crippen LogP contribution in [0.2, 0.25) is 0 Å². The number of nitrogens with two attached hydrogens (primary N) is 1. The molecule has 1 aromatic rings. The molecule has 1 atom stereocenters. The van der Waals surface area contributed by atoms with E-state index in [-0.39, 0.29) is 5.41 Å². The molecule has 78 valence electrons.